The largest absolute Gasteiger partial charge is 0.313 e. The predicted octanol–water partition coefficient (Wildman–Crippen LogP) is 6.41. The summed E-state index contributed by atoms with van der Waals surface area (Å²) in [6.45, 7) is 12.3. The monoisotopic (exact) mass is 351 g/mol. The predicted molar refractivity (Wildman–Crippen MR) is 108 cm³/mol. The fourth-order valence-electron chi connectivity index (χ4n) is 3.46. The molecule has 2 aromatic carbocycles. The molecule has 0 radical (unpaired) electrons. The number of aryl methyl sites for hydroxylation is 2. The second-order valence-corrected chi connectivity index (χ2v) is 6.76. The van der Waals surface area contributed by atoms with E-state index in [4.69, 9.17) is 0 Å². The van der Waals surface area contributed by atoms with Crippen molar-refractivity contribution in [2.75, 3.05) is 0 Å². The minimum absolute atomic E-state index is 0.172. The maximum atomic E-state index is 13.7. The number of aromatic nitrogens is 3. The van der Waals surface area contributed by atoms with Crippen LogP contribution in [0.2, 0.25) is 0 Å². The van der Waals surface area contributed by atoms with Gasteiger partial charge in [-0.15, -0.1) is 0 Å². The SMILES string of the molecule is CC.Cc1cc(-n2c(C(C)C)cc3c(C)c4[nH]ncc4cc32)ccc1F. The van der Waals surface area contributed by atoms with Gasteiger partial charge in [0.1, 0.15) is 5.82 Å². The maximum Gasteiger partial charge on any atom is 0.126 e. The molecule has 4 aromatic rings. The van der Waals surface area contributed by atoms with E-state index in [0.29, 0.717) is 11.5 Å². The molecule has 0 saturated heterocycles. The van der Waals surface area contributed by atoms with Crippen LogP contribution in [0, 0.1) is 19.7 Å². The van der Waals surface area contributed by atoms with Gasteiger partial charge in [0.2, 0.25) is 0 Å². The first-order chi connectivity index (χ1) is 12.5. The smallest absolute Gasteiger partial charge is 0.126 e. The van der Waals surface area contributed by atoms with E-state index in [2.05, 4.69) is 47.7 Å². The molecular formula is C22H26FN3. The second kappa shape index (κ2) is 6.94. The lowest BCUT2D eigenvalue weighted by molar-refractivity contribution is 0.618. The molecule has 4 rings (SSSR count). The summed E-state index contributed by atoms with van der Waals surface area (Å²) in [6, 6.07) is 9.71. The van der Waals surface area contributed by atoms with Crippen molar-refractivity contribution in [1.29, 1.82) is 0 Å². The van der Waals surface area contributed by atoms with Crippen molar-refractivity contribution in [3.63, 3.8) is 0 Å². The van der Waals surface area contributed by atoms with Gasteiger partial charge in [0.25, 0.3) is 0 Å². The van der Waals surface area contributed by atoms with Crippen LogP contribution in [0.25, 0.3) is 27.5 Å². The first-order valence-corrected chi connectivity index (χ1v) is 9.22. The topological polar surface area (TPSA) is 33.6 Å². The summed E-state index contributed by atoms with van der Waals surface area (Å²) in [7, 11) is 0. The molecule has 4 heteroatoms. The highest BCUT2D eigenvalue weighted by Gasteiger charge is 2.17. The third kappa shape index (κ3) is 2.79. The third-order valence-electron chi connectivity index (χ3n) is 4.80. The Hall–Kier alpha value is -2.62. The molecule has 0 aliphatic rings. The van der Waals surface area contributed by atoms with Crippen LogP contribution in [0.15, 0.2) is 36.5 Å². The quantitative estimate of drug-likeness (QED) is 0.444. The van der Waals surface area contributed by atoms with Crippen molar-refractivity contribution < 1.29 is 4.39 Å². The van der Waals surface area contributed by atoms with E-state index in [1.165, 1.54) is 16.6 Å². The van der Waals surface area contributed by atoms with Crippen LogP contribution in [0.4, 0.5) is 4.39 Å². The average molecular weight is 351 g/mol. The fourth-order valence-corrected chi connectivity index (χ4v) is 3.46. The molecule has 0 saturated carbocycles. The van der Waals surface area contributed by atoms with Crippen LogP contribution in [-0.4, -0.2) is 14.8 Å². The Morgan fingerprint density at radius 2 is 1.81 bits per heavy atom. The van der Waals surface area contributed by atoms with Gasteiger partial charge in [0, 0.05) is 22.2 Å². The first-order valence-electron chi connectivity index (χ1n) is 9.22. The van der Waals surface area contributed by atoms with E-state index in [0.717, 1.165) is 22.1 Å². The highest BCUT2D eigenvalue weighted by Crippen LogP contribution is 2.34. The Kier molecular flexibility index (Phi) is 4.86. The zero-order chi connectivity index (χ0) is 19.0. The van der Waals surface area contributed by atoms with Crippen molar-refractivity contribution in [2.45, 2.75) is 47.5 Å². The molecule has 3 nitrogen and oxygen atoms in total. The van der Waals surface area contributed by atoms with E-state index in [-0.39, 0.29) is 5.82 Å². The molecule has 0 aliphatic heterocycles. The van der Waals surface area contributed by atoms with Gasteiger partial charge in [-0.25, -0.2) is 4.39 Å². The van der Waals surface area contributed by atoms with Gasteiger partial charge in [-0.2, -0.15) is 5.10 Å². The summed E-state index contributed by atoms with van der Waals surface area (Å²) >= 11 is 0. The van der Waals surface area contributed by atoms with E-state index in [1.807, 2.05) is 32.2 Å². The Balaban J connectivity index is 0.000000948. The fraction of sp³-hybridized carbons (Fsp3) is 0.318. The molecule has 0 amide bonds. The number of benzene rings is 2. The van der Waals surface area contributed by atoms with Gasteiger partial charge < -0.3 is 4.57 Å². The van der Waals surface area contributed by atoms with Crippen molar-refractivity contribution in [2.24, 2.45) is 0 Å². The molecule has 26 heavy (non-hydrogen) atoms. The van der Waals surface area contributed by atoms with E-state index in [1.54, 1.807) is 13.0 Å². The minimum atomic E-state index is -0.172. The van der Waals surface area contributed by atoms with Crippen LogP contribution >= 0.6 is 0 Å². The summed E-state index contributed by atoms with van der Waals surface area (Å²) in [6.07, 6.45) is 1.85. The number of hydrogen-bond acceptors (Lipinski definition) is 1. The zero-order valence-corrected chi connectivity index (χ0v) is 16.3. The van der Waals surface area contributed by atoms with Crippen molar-refractivity contribution >= 4 is 21.8 Å². The Labute approximate surface area is 153 Å². The van der Waals surface area contributed by atoms with Gasteiger partial charge in [-0.05, 0) is 61.2 Å². The standard InChI is InChI=1S/C20H20FN3.C2H6/c1-11(2)18-9-16-13(4)20-14(10-22-23-20)8-19(16)24(18)15-5-6-17(21)12(3)7-15;1-2/h5-11H,1-4H3,(H,22,23);1-2H3. The van der Waals surface area contributed by atoms with Crippen LogP contribution < -0.4 is 0 Å². The number of hydrogen-bond donors (Lipinski definition) is 1. The van der Waals surface area contributed by atoms with Gasteiger partial charge in [-0.3, -0.25) is 5.10 Å². The van der Waals surface area contributed by atoms with Gasteiger partial charge in [0.15, 0.2) is 0 Å². The lowest BCUT2D eigenvalue weighted by Crippen LogP contribution is -2.02. The minimum Gasteiger partial charge on any atom is -0.313 e. The zero-order valence-electron chi connectivity index (χ0n) is 16.3. The van der Waals surface area contributed by atoms with Gasteiger partial charge in [0.05, 0.1) is 17.2 Å². The lowest BCUT2D eigenvalue weighted by Gasteiger charge is -2.14. The summed E-state index contributed by atoms with van der Waals surface area (Å²) < 4.78 is 16.0. The first kappa shape index (κ1) is 18.2. The number of aromatic amines is 1. The highest BCUT2D eigenvalue weighted by molar-refractivity contribution is 6.00. The molecule has 136 valence electrons. The van der Waals surface area contributed by atoms with Crippen molar-refractivity contribution in [3.05, 3.63) is 59.2 Å². The Bertz CT molecular complexity index is 1070. The molecule has 1 N–H and O–H groups in total. The van der Waals surface area contributed by atoms with Crippen molar-refractivity contribution in [3.8, 4) is 5.69 Å². The Morgan fingerprint density at radius 3 is 2.46 bits per heavy atom. The van der Waals surface area contributed by atoms with E-state index in [9.17, 15) is 4.39 Å². The molecular weight excluding hydrogens is 325 g/mol. The van der Waals surface area contributed by atoms with Crippen LogP contribution in [0.1, 0.15) is 50.4 Å². The number of halogens is 1. The summed E-state index contributed by atoms with van der Waals surface area (Å²) in [5.74, 6) is 0.188. The number of fused-ring (bicyclic) bond motifs is 2. The highest BCUT2D eigenvalue weighted by atomic mass is 19.1. The molecule has 0 bridgehead atoms. The number of H-pyrrole nitrogens is 1. The maximum absolute atomic E-state index is 13.7. The molecule has 0 fully saturated rings. The van der Waals surface area contributed by atoms with E-state index < -0.39 is 0 Å². The van der Waals surface area contributed by atoms with Gasteiger partial charge >= 0.3 is 0 Å². The number of nitrogens with zero attached hydrogens (tertiary/aromatic N) is 2. The molecule has 0 aliphatic carbocycles. The van der Waals surface area contributed by atoms with Crippen molar-refractivity contribution in [1.82, 2.24) is 14.8 Å². The normalized spacial score (nSPS) is 11.2. The number of nitrogens with one attached hydrogen (secondary N) is 1. The molecule has 0 atom stereocenters. The average Bonchev–Trinajstić information content (AvgIpc) is 3.24. The third-order valence-corrected chi connectivity index (χ3v) is 4.80. The summed E-state index contributed by atoms with van der Waals surface area (Å²) in [5.41, 5.74) is 6.28. The van der Waals surface area contributed by atoms with Crippen LogP contribution in [0.5, 0.6) is 0 Å². The number of rotatable bonds is 2. The summed E-state index contributed by atoms with van der Waals surface area (Å²) in [4.78, 5) is 0. The van der Waals surface area contributed by atoms with Crippen LogP contribution in [0.3, 0.4) is 0 Å². The second-order valence-electron chi connectivity index (χ2n) is 6.76. The molecule has 2 aromatic heterocycles. The van der Waals surface area contributed by atoms with Crippen LogP contribution in [-0.2, 0) is 0 Å². The molecule has 0 spiro atoms. The molecule has 2 heterocycles. The molecule has 0 unspecified atom stereocenters. The summed E-state index contributed by atoms with van der Waals surface area (Å²) in [5, 5.41) is 9.55. The van der Waals surface area contributed by atoms with E-state index >= 15 is 0 Å². The Morgan fingerprint density at radius 1 is 1.08 bits per heavy atom. The lowest BCUT2D eigenvalue weighted by atomic mass is 10.1. The van der Waals surface area contributed by atoms with Gasteiger partial charge in [-0.1, -0.05) is 27.7 Å².